The van der Waals surface area contributed by atoms with Gasteiger partial charge in [-0.1, -0.05) is 0 Å². The Morgan fingerprint density at radius 3 is 2.43 bits per heavy atom. The van der Waals surface area contributed by atoms with Crippen LogP contribution in [0, 0.1) is 0 Å². The molecule has 1 aromatic carbocycles. The minimum Gasteiger partial charge on any atom is -0.484 e. The Hall–Kier alpha value is -2.24. The zero-order chi connectivity index (χ0) is 15.8. The van der Waals surface area contributed by atoms with Crippen LogP contribution in [0.25, 0.3) is 0 Å². The number of benzene rings is 1. The highest BCUT2D eigenvalue weighted by Gasteiger charge is 2.16. The average molecular weight is 293 g/mol. The van der Waals surface area contributed by atoms with Gasteiger partial charge in [0.15, 0.2) is 6.61 Å². The standard InChI is InChI=1S/C15H23N3O3/c1-4-18(9-14(19)17-11(2)3)15(20)10-21-13-7-5-12(16)6-8-13/h5-8,11H,4,9-10,16H2,1-3H3,(H,17,19). The molecule has 0 aromatic heterocycles. The minimum absolute atomic E-state index is 0.0403. The van der Waals surface area contributed by atoms with Crippen LogP contribution in [0.4, 0.5) is 5.69 Å². The summed E-state index contributed by atoms with van der Waals surface area (Å²) in [6.07, 6.45) is 0. The second kappa shape index (κ2) is 8.14. The van der Waals surface area contributed by atoms with Gasteiger partial charge in [0.25, 0.3) is 5.91 Å². The Morgan fingerprint density at radius 1 is 1.29 bits per heavy atom. The van der Waals surface area contributed by atoms with Crippen LogP contribution in [0.5, 0.6) is 5.75 Å². The van der Waals surface area contributed by atoms with Gasteiger partial charge in [-0.25, -0.2) is 0 Å². The molecule has 0 saturated heterocycles. The summed E-state index contributed by atoms with van der Waals surface area (Å²) in [5.41, 5.74) is 6.21. The summed E-state index contributed by atoms with van der Waals surface area (Å²) in [6.45, 7) is 5.96. The first kappa shape index (κ1) is 16.8. The molecular weight excluding hydrogens is 270 g/mol. The number of amides is 2. The number of carbonyl (C=O) groups is 2. The van der Waals surface area contributed by atoms with E-state index in [-0.39, 0.29) is 31.0 Å². The number of nitrogens with zero attached hydrogens (tertiary/aromatic N) is 1. The van der Waals surface area contributed by atoms with Gasteiger partial charge in [-0.05, 0) is 45.0 Å². The maximum absolute atomic E-state index is 12.0. The van der Waals surface area contributed by atoms with E-state index in [1.165, 1.54) is 4.90 Å². The first-order valence-corrected chi connectivity index (χ1v) is 6.97. The molecule has 116 valence electrons. The minimum atomic E-state index is -0.228. The van der Waals surface area contributed by atoms with Gasteiger partial charge in [-0.15, -0.1) is 0 Å². The Morgan fingerprint density at radius 2 is 1.90 bits per heavy atom. The number of anilines is 1. The molecule has 0 fully saturated rings. The van der Waals surface area contributed by atoms with Crippen molar-refractivity contribution in [2.24, 2.45) is 0 Å². The van der Waals surface area contributed by atoms with E-state index in [4.69, 9.17) is 10.5 Å². The van der Waals surface area contributed by atoms with Gasteiger partial charge >= 0.3 is 0 Å². The van der Waals surface area contributed by atoms with Crippen LogP contribution in [0.3, 0.4) is 0 Å². The van der Waals surface area contributed by atoms with Gasteiger partial charge in [-0.2, -0.15) is 0 Å². The summed E-state index contributed by atoms with van der Waals surface area (Å²) in [6, 6.07) is 6.85. The molecule has 6 heteroatoms. The van der Waals surface area contributed by atoms with E-state index in [9.17, 15) is 9.59 Å². The van der Waals surface area contributed by atoms with E-state index >= 15 is 0 Å². The third-order valence-corrected chi connectivity index (χ3v) is 2.76. The van der Waals surface area contributed by atoms with Crippen LogP contribution in [-0.4, -0.2) is 42.5 Å². The van der Waals surface area contributed by atoms with Crippen LogP contribution >= 0.6 is 0 Å². The third-order valence-electron chi connectivity index (χ3n) is 2.76. The van der Waals surface area contributed by atoms with Crippen molar-refractivity contribution in [1.82, 2.24) is 10.2 Å². The van der Waals surface area contributed by atoms with E-state index in [0.29, 0.717) is 18.0 Å². The van der Waals surface area contributed by atoms with Crippen molar-refractivity contribution in [2.75, 3.05) is 25.4 Å². The number of nitrogen functional groups attached to an aromatic ring is 1. The number of nitrogens with two attached hydrogens (primary N) is 1. The molecule has 2 amide bonds. The number of hydrogen-bond acceptors (Lipinski definition) is 4. The lowest BCUT2D eigenvalue weighted by Gasteiger charge is -2.21. The molecule has 0 aliphatic rings. The molecular formula is C15H23N3O3. The summed E-state index contributed by atoms with van der Waals surface area (Å²) in [5.74, 6) is 0.168. The average Bonchev–Trinajstić information content (AvgIpc) is 2.43. The second-order valence-electron chi connectivity index (χ2n) is 4.99. The van der Waals surface area contributed by atoms with Crippen molar-refractivity contribution in [3.63, 3.8) is 0 Å². The van der Waals surface area contributed by atoms with Gasteiger partial charge in [0.05, 0.1) is 6.54 Å². The predicted molar refractivity (Wildman–Crippen MR) is 81.9 cm³/mol. The highest BCUT2D eigenvalue weighted by atomic mass is 16.5. The van der Waals surface area contributed by atoms with E-state index < -0.39 is 0 Å². The van der Waals surface area contributed by atoms with E-state index in [2.05, 4.69) is 5.32 Å². The zero-order valence-electron chi connectivity index (χ0n) is 12.8. The molecule has 0 atom stereocenters. The lowest BCUT2D eigenvalue weighted by Crippen LogP contribution is -2.44. The summed E-state index contributed by atoms with van der Waals surface area (Å²) in [5, 5.41) is 2.75. The maximum atomic E-state index is 12.0. The fraction of sp³-hybridized carbons (Fsp3) is 0.467. The molecule has 0 heterocycles. The van der Waals surface area contributed by atoms with Gasteiger partial charge in [0, 0.05) is 18.3 Å². The molecule has 0 unspecified atom stereocenters. The Labute approximate surface area is 125 Å². The normalized spacial score (nSPS) is 10.3. The first-order chi connectivity index (χ1) is 9.92. The molecule has 21 heavy (non-hydrogen) atoms. The smallest absolute Gasteiger partial charge is 0.260 e. The summed E-state index contributed by atoms with van der Waals surface area (Å²) >= 11 is 0. The topological polar surface area (TPSA) is 84.7 Å². The van der Waals surface area contributed by atoms with Gasteiger partial charge < -0.3 is 20.7 Å². The Balaban J connectivity index is 2.47. The largest absolute Gasteiger partial charge is 0.484 e. The Bertz CT molecular complexity index is 472. The third kappa shape index (κ3) is 6.16. The van der Waals surface area contributed by atoms with E-state index in [0.717, 1.165) is 0 Å². The van der Waals surface area contributed by atoms with Crippen molar-refractivity contribution in [3.05, 3.63) is 24.3 Å². The molecule has 1 rings (SSSR count). The maximum Gasteiger partial charge on any atom is 0.260 e. The number of hydrogen-bond donors (Lipinski definition) is 2. The fourth-order valence-electron chi connectivity index (χ4n) is 1.72. The van der Waals surface area contributed by atoms with Crippen LogP contribution < -0.4 is 15.8 Å². The molecule has 3 N–H and O–H groups in total. The molecule has 0 radical (unpaired) electrons. The number of carbonyl (C=O) groups excluding carboxylic acids is 2. The zero-order valence-corrected chi connectivity index (χ0v) is 12.8. The van der Waals surface area contributed by atoms with Gasteiger partial charge in [0.2, 0.25) is 5.91 Å². The fourth-order valence-corrected chi connectivity index (χ4v) is 1.72. The van der Waals surface area contributed by atoms with Crippen molar-refractivity contribution in [1.29, 1.82) is 0 Å². The first-order valence-electron chi connectivity index (χ1n) is 6.97. The summed E-state index contributed by atoms with van der Waals surface area (Å²) in [4.78, 5) is 25.2. The predicted octanol–water partition coefficient (Wildman–Crippen LogP) is 1.02. The quantitative estimate of drug-likeness (QED) is 0.735. The lowest BCUT2D eigenvalue weighted by atomic mass is 10.3. The van der Waals surface area contributed by atoms with Gasteiger partial charge in [0.1, 0.15) is 5.75 Å². The molecule has 0 aliphatic carbocycles. The highest BCUT2D eigenvalue weighted by Crippen LogP contribution is 2.13. The monoisotopic (exact) mass is 293 g/mol. The van der Waals surface area contributed by atoms with Crippen LogP contribution in [0.1, 0.15) is 20.8 Å². The molecule has 0 bridgehead atoms. The number of likely N-dealkylation sites (N-methyl/N-ethyl adjacent to an activating group) is 1. The van der Waals surface area contributed by atoms with Crippen molar-refractivity contribution < 1.29 is 14.3 Å². The number of ether oxygens (including phenoxy) is 1. The summed E-state index contributed by atoms with van der Waals surface area (Å²) < 4.78 is 5.39. The number of rotatable bonds is 7. The van der Waals surface area contributed by atoms with Gasteiger partial charge in [-0.3, -0.25) is 9.59 Å². The summed E-state index contributed by atoms with van der Waals surface area (Å²) in [7, 11) is 0. The van der Waals surface area contributed by atoms with Crippen molar-refractivity contribution in [2.45, 2.75) is 26.8 Å². The molecule has 0 aliphatic heterocycles. The molecule has 6 nitrogen and oxygen atoms in total. The number of nitrogens with one attached hydrogen (secondary N) is 1. The Kier molecular flexibility index (Phi) is 6.52. The molecule has 0 saturated carbocycles. The lowest BCUT2D eigenvalue weighted by molar-refractivity contribution is -0.137. The highest BCUT2D eigenvalue weighted by molar-refractivity contribution is 5.85. The van der Waals surface area contributed by atoms with Crippen LogP contribution in [-0.2, 0) is 9.59 Å². The molecule has 0 spiro atoms. The van der Waals surface area contributed by atoms with E-state index in [1.54, 1.807) is 24.3 Å². The second-order valence-corrected chi connectivity index (χ2v) is 4.99. The van der Waals surface area contributed by atoms with Crippen molar-refractivity contribution in [3.8, 4) is 5.75 Å². The van der Waals surface area contributed by atoms with Crippen LogP contribution in [0.15, 0.2) is 24.3 Å². The van der Waals surface area contributed by atoms with Crippen molar-refractivity contribution >= 4 is 17.5 Å². The SMILES string of the molecule is CCN(CC(=O)NC(C)C)C(=O)COc1ccc(N)cc1. The molecule has 1 aromatic rings. The van der Waals surface area contributed by atoms with Crippen LogP contribution in [0.2, 0.25) is 0 Å². The van der Waals surface area contributed by atoms with E-state index in [1.807, 2.05) is 20.8 Å².